The smallest absolute Gasteiger partial charge is 0.159 e. The second-order valence-corrected chi connectivity index (χ2v) is 14.0. The highest BCUT2D eigenvalue weighted by Gasteiger charge is 2.25. The fourth-order valence-electron chi connectivity index (χ4n) is 8.12. The average molecular weight is 705 g/mol. The summed E-state index contributed by atoms with van der Waals surface area (Å²) in [5.41, 5.74) is 8.86. The number of hydrogen-bond acceptors (Lipinski definition) is 5. The summed E-state index contributed by atoms with van der Waals surface area (Å²) in [6.45, 7) is 0. The van der Waals surface area contributed by atoms with Crippen LogP contribution in [0.25, 0.3) is 76.5 Å². The van der Waals surface area contributed by atoms with Gasteiger partial charge in [-0.2, -0.15) is 0 Å². The minimum Gasteiger partial charge on any atom is -0.454 e. The van der Waals surface area contributed by atoms with Gasteiger partial charge in [-0.05, 0) is 60.6 Å². The number of amidine groups is 2. The van der Waals surface area contributed by atoms with Crippen LogP contribution in [0.2, 0.25) is 0 Å². The second kappa shape index (κ2) is 12.6. The van der Waals surface area contributed by atoms with Gasteiger partial charge in [-0.25, -0.2) is 9.98 Å². The van der Waals surface area contributed by atoms with E-state index in [1.807, 2.05) is 24.4 Å². The van der Waals surface area contributed by atoms with Crippen LogP contribution in [0.1, 0.15) is 22.9 Å². The monoisotopic (exact) mass is 704 g/mol. The standard InChI is InChI=1S/C50H32N4O/c1-2-12-35(13-3-1)48-52-49(36-25-22-33(23-26-36)39-17-8-14-31-10-4-6-15-38(31)39)54-50(53-48)44-29-51-30-45-46(44)42-19-9-18-41(47(42)55-45)37-27-24-34-21-20-32-11-5-7-16-40(32)43(34)28-37/h1-30,49H,(H,52,53,54). The summed E-state index contributed by atoms with van der Waals surface area (Å²) in [5, 5.41) is 13.0. The first-order valence-electron chi connectivity index (χ1n) is 18.5. The van der Waals surface area contributed by atoms with E-state index in [0.29, 0.717) is 17.3 Å². The van der Waals surface area contributed by atoms with Gasteiger partial charge < -0.3 is 9.73 Å². The molecule has 1 unspecified atom stereocenters. The van der Waals surface area contributed by atoms with Crippen molar-refractivity contribution >= 4 is 65.9 Å². The van der Waals surface area contributed by atoms with Gasteiger partial charge in [0.15, 0.2) is 11.4 Å². The molecule has 1 N–H and O–H groups in total. The van der Waals surface area contributed by atoms with E-state index < -0.39 is 0 Å². The van der Waals surface area contributed by atoms with Gasteiger partial charge in [-0.1, -0.05) is 164 Å². The van der Waals surface area contributed by atoms with Gasteiger partial charge in [-0.3, -0.25) is 4.98 Å². The molecule has 3 heterocycles. The van der Waals surface area contributed by atoms with Crippen molar-refractivity contribution in [2.24, 2.45) is 9.98 Å². The Balaban J connectivity index is 1.02. The summed E-state index contributed by atoms with van der Waals surface area (Å²) < 4.78 is 6.70. The number of rotatable bonds is 5. The minimum atomic E-state index is -0.374. The molecule has 0 amide bonds. The van der Waals surface area contributed by atoms with Gasteiger partial charge >= 0.3 is 0 Å². The molecule has 0 spiro atoms. The Morgan fingerprint density at radius 1 is 0.473 bits per heavy atom. The van der Waals surface area contributed by atoms with E-state index in [2.05, 4.69) is 162 Å². The Hall–Kier alpha value is -7.37. The van der Waals surface area contributed by atoms with Crippen LogP contribution in [-0.4, -0.2) is 16.7 Å². The van der Waals surface area contributed by atoms with Crippen LogP contribution >= 0.6 is 0 Å². The number of hydrogen-bond donors (Lipinski definition) is 1. The molecule has 10 aromatic rings. The maximum atomic E-state index is 6.70. The molecule has 8 aromatic carbocycles. The first kappa shape index (κ1) is 31.2. The van der Waals surface area contributed by atoms with E-state index in [1.165, 1.54) is 37.9 Å². The van der Waals surface area contributed by atoms with Gasteiger partial charge in [0, 0.05) is 33.7 Å². The summed E-state index contributed by atoms with van der Waals surface area (Å²) in [4.78, 5) is 15.0. The lowest BCUT2D eigenvalue weighted by molar-refractivity contribution is 0.666. The molecule has 11 rings (SSSR count). The maximum absolute atomic E-state index is 6.70. The van der Waals surface area contributed by atoms with Gasteiger partial charge in [-0.15, -0.1) is 0 Å². The van der Waals surface area contributed by atoms with Crippen molar-refractivity contribution in [3.63, 3.8) is 0 Å². The zero-order valence-corrected chi connectivity index (χ0v) is 29.6. The lowest BCUT2D eigenvalue weighted by Crippen LogP contribution is -2.33. The highest BCUT2D eigenvalue weighted by atomic mass is 16.3. The van der Waals surface area contributed by atoms with E-state index in [1.54, 1.807) is 6.20 Å². The van der Waals surface area contributed by atoms with Crippen molar-refractivity contribution in [2.75, 3.05) is 0 Å². The molecule has 0 radical (unpaired) electrons. The molecule has 1 atom stereocenters. The Labute approximate surface area is 317 Å². The van der Waals surface area contributed by atoms with Crippen molar-refractivity contribution in [1.29, 1.82) is 0 Å². The molecule has 0 saturated carbocycles. The van der Waals surface area contributed by atoms with E-state index in [4.69, 9.17) is 14.4 Å². The number of benzene rings is 8. The number of fused-ring (bicyclic) bond motifs is 7. The summed E-state index contributed by atoms with van der Waals surface area (Å²) in [5.74, 6) is 1.35. The van der Waals surface area contributed by atoms with Gasteiger partial charge in [0.05, 0.1) is 6.20 Å². The molecule has 0 fully saturated rings. The van der Waals surface area contributed by atoms with Crippen molar-refractivity contribution in [3.05, 3.63) is 199 Å². The molecule has 5 nitrogen and oxygen atoms in total. The first-order valence-corrected chi connectivity index (χ1v) is 18.5. The number of furan rings is 1. The van der Waals surface area contributed by atoms with E-state index in [9.17, 15) is 0 Å². The fourth-order valence-corrected chi connectivity index (χ4v) is 8.12. The lowest BCUT2D eigenvalue weighted by atomic mass is 9.96. The molecule has 2 aromatic heterocycles. The molecular weight excluding hydrogens is 673 g/mol. The fraction of sp³-hybridized carbons (Fsp3) is 0.0200. The van der Waals surface area contributed by atoms with Crippen LogP contribution < -0.4 is 5.32 Å². The number of aliphatic imine (C=N–C) groups is 2. The highest BCUT2D eigenvalue weighted by Crippen LogP contribution is 2.39. The number of nitrogens with zero attached hydrogens (tertiary/aromatic N) is 3. The van der Waals surface area contributed by atoms with Crippen molar-refractivity contribution in [3.8, 4) is 22.3 Å². The predicted molar refractivity (Wildman–Crippen MR) is 227 cm³/mol. The summed E-state index contributed by atoms with van der Waals surface area (Å²) >= 11 is 0. The SMILES string of the molecule is c1ccc(C2=NC(c3ccc(-c4cccc5ccccc45)cc3)NC(c3cncc4oc5c(-c6ccc7ccc8ccccc8c7c6)cccc5c34)=N2)cc1. The third kappa shape index (κ3) is 5.28. The molecule has 0 bridgehead atoms. The summed E-state index contributed by atoms with van der Waals surface area (Å²) in [6, 6.07) is 59.8. The average Bonchev–Trinajstić information content (AvgIpc) is 3.65. The number of pyridine rings is 1. The zero-order valence-electron chi connectivity index (χ0n) is 29.6. The van der Waals surface area contributed by atoms with Crippen molar-refractivity contribution in [2.45, 2.75) is 6.17 Å². The van der Waals surface area contributed by atoms with Crippen LogP contribution in [-0.2, 0) is 0 Å². The molecule has 0 saturated heterocycles. The molecule has 0 aliphatic carbocycles. The second-order valence-electron chi connectivity index (χ2n) is 14.0. The number of para-hydroxylation sites is 1. The largest absolute Gasteiger partial charge is 0.454 e. The normalized spacial score (nSPS) is 14.4. The van der Waals surface area contributed by atoms with Crippen LogP contribution in [0.5, 0.6) is 0 Å². The minimum absolute atomic E-state index is 0.374. The van der Waals surface area contributed by atoms with Gasteiger partial charge in [0.25, 0.3) is 0 Å². The highest BCUT2D eigenvalue weighted by molar-refractivity contribution is 6.22. The van der Waals surface area contributed by atoms with Gasteiger partial charge in [0.2, 0.25) is 0 Å². The topological polar surface area (TPSA) is 62.8 Å². The third-order valence-electron chi connectivity index (χ3n) is 10.8. The zero-order chi connectivity index (χ0) is 36.3. The van der Waals surface area contributed by atoms with Crippen LogP contribution in [0.15, 0.2) is 197 Å². The first-order chi connectivity index (χ1) is 27.2. The summed E-state index contributed by atoms with van der Waals surface area (Å²) in [6.07, 6.45) is 3.31. The molecule has 1 aliphatic rings. The van der Waals surface area contributed by atoms with E-state index >= 15 is 0 Å². The molecule has 55 heavy (non-hydrogen) atoms. The molecule has 5 heteroatoms. The lowest BCUT2D eigenvalue weighted by Gasteiger charge is -2.24. The number of aromatic nitrogens is 1. The quantitative estimate of drug-likeness (QED) is 0.181. The van der Waals surface area contributed by atoms with E-state index in [0.717, 1.165) is 49.7 Å². The Morgan fingerprint density at radius 3 is 1.98 bits per heavy atom. The van der Waals surface area contributed by atoms with Crippen LogP contribution in [0.3, 0.4) is 0 Å². The molecular formula is C50H32N4O. The van der Waals surface area contributed by atoms with Crippen LogP contribution in [0.4, 0.5) is 0 Å². The number of nitrogens with one attached hydrogen (secondary N) is 1. The Kier molecular flexibility index (Phi) is 7.17. The third-order valence-corrected chi connectivity index (χ3v) is 10.8. The van der Waals surface area contributed by atoms with Crippen molar-refractivity contribution in [1.82, 2.24) is 10.3 Å². The van der Waals surface area contributed by atoms with Crippen molar-refractivity contribution < 1.29 is 4.42 Å². The van der Waals surface area contributed by atoms with E-state index in [-0.39, 0.29) is 6.17 Å². The maximum Gasteiger partial charge on any atom is 0.159 e. The predicted octanol–water partition coefficient (Wildman–Crippen LogP) is 12.3. The Bertz CT molecular complexity index is 3170. The van der Waals surface area contributed by atoms with Gasteiger partial charge in [0.1, 0.15) is 17.6 Å². The molecule has 258 valence electrons. The Morgan fingerprint density at radius 2 is 1.13 bits per heavy atom. The molecule has 1 aliphatic heterocycles. The van der Waals surface area contributed by atoms with Crippen LogP contribution in [0, 0.1) is 0 Å². The summed E-state index contributed by atoms with van der Waals surface area (Å²) in [7, 11) is 0.